The first-order chi connectivity index (χ1) is 11.7. The molecule has 0 spiro atoms. The molecule has 0 aliphatic rings. The van der Waals surface area contributed by atoms with Crippen molar-refractivity contribution >= 4 is 44.9 Å². The average molecular weight is 404 g/mol. The minimum atomic E-state index is -4.26. The molecule has 0 unspecified atom stereocenters. The van der Waals surface area contributed by atoms with E-state index in [4.69, 9.17) is 33.0 Å². The van der Waals surface area contributed by atoms with E-state index in [2.05, 4.69) is 0 Å². The Balaban J connectivity index is 2.61. The van der Waals surface area contributed by atoms with Crippen LogP contribution in [0.2, 0.25) is 10.0 Å². The molecular formula is C16H15Cl2NO5S. The largest absolute Gasteiger partial charge is 0.495 e. The fourth-order valence-corrected chi connectivity index (χ4v) is 4.37. The Morgan fingerprint density at radius 2 is 1.72 bits per heavy atom. The number of aliphatic carboxylic acids is 1. The molecule has 0 saturated carbocycles. The summed E-state index contributed by atoms with van der Waals surface area (Å²) in [6.07, 6.45) is 0. The first kappa shape index (κ1) is 19.4. The molecule has 0 atom stereocenters. The Labute approximate surface area is 155 Å². The van der Waals surface area contributed by atoms with Gasteiger partial charge in [0, 0.05) is 0 Å². The van der Waals surface area contributed by atoms with Crippen molar-refractivity contribution in [3.8, 4) is 5.75 Å². The van der Waals surface area contributed by atoms with E-state index < -0.39 is 22.5 Å². The van der Waals surface area contributed by atoms with Crippen LogP contribution in [0.5, 0.6) is 5.75 Å². The van der Waals surface area contributed by atoms with E-state index in [9.17, 15) is 13.2 Å². The molecule has 2 aromatic carbocycles. The molecular weight excluding hydrogens is 389 g/mol. The summed E-state index contributed by atoms with van der Waals surface area (Å²) in [7, 11) is -2.89. The number of methoxy groups -OCH3 is 1. The molecule has 134 valence electrons. The van der Waals surface area contributed by atoms with Crippen molar-refractivity contribution in [2.75, 3.05) is 18.0 Å². The Morgan fingerprint density at radius 1 is 1.12 bits per heavy atom. The number of hydrogen-bond donors (Lipinski definition) is 1. The van der Waals surface area contributed by atoms with E-state index >= 15 is 0 Å². The Bertz CT molecular complexity index is 897. The molecule has 25 heavy (non-hydrogen) atoms. The fourth-order valence-electron chi connectivity index (χ4n) is 2.14. The normalized spacial score (nSPS) is 11.2. The minimum absolute atomic E-state index is 0.0653. The smallest absolute Gasteiger partial charge is 0.324 e. The molecule has 2 aromatic rings. The third-order valence-corrected chi connectivity index (χ3v) is 6.19. The lowest BCUT2D eigenvalue weighted by molar-refractivity contribution is -0.135. The zero-order chi connectivity index (χ0) is 18.8. The number of carbonyl (C=O) groups is 1. The van der Waals surface area contributed by atoms with Crippen LogP contribution in [0, 0.1) is 6.92 Å². The van der Waals surface area contributed by atoms with E-state index in [0.29, 0.717) is 0 Å². The lowest BCUT2D eigenvalue weighted by atomic mass is 10.2. The lowest BCUT2D eigenvalue weighted by Gasteiger charge is -2.24. The van der Waals surface area contributed by atoms with Gasteiger partial charge < -0.3 is 9.84 Å². The Kier molecular flexibility index (Phi) is 5.82. The molecule has 0 fully saturated rings. The number of carboxylic acids is 1. The summed E-state index contributed by atoms with van der Waals surface area (Å²) in [5.41, 5.74) is 1.11. The fraction of sp³-hybridized carbons (Fsp3) is 0.188. The minimum Gasteiger partial charge on any atom is -0.495 e. The van der Waals surface area contributed by atoms with Gasteiger partial charge >= 0.3 is 5.97 Å². The maximum Gasteiger partial charge on any atom is 0.324 e. The molecule has 0 aliphatic heterocycles. The van der Waals surface area contributed by atoms with E-state index in [1.807, 2.05) is 6.92 Å². The average Bonchev–Trinajstić information content (AvgIpc) is 2.55. The second kappa shape index (κ2) is 7.51. The molecule has 0 radical (unpaired) electrons. The molecule has 0 amide bonds. The van der Waals surface area contributed by atoms with Gasteiger partial charge in [0.05, 0.1) is 17.8 Å². The molecule has 9 heteroatoms. The molecule has 1 N–H and O–H groups in total. The Morgan fingerprint density at radius 3 is 2.24 bits per heavy atom. The lowest BCUT2D eigenvalue weighted by Crippen LogP contribution is -2.36. The summed E-state index contributed by atoms with van der Waals surface area (Å²) >= 11 is 12.1. The van der Waals surface area contributed by atoms with E-state index in [1.54, 1.807) is 12.1 Å². The van der Waals surface area contributed by atoms with Crippen LogP contribution < -0.4 is 9.04 Å². The van der Waals surface area contributed by atoms with Crippen LogP contribution in [-0.2, 0) is 14.8 Å². The van der Waals surface area contributed by atoms with Crippen molar-refractivity contribution in [1.29, 1.82) is 0 Å². The van der Waals surface area contributed by atoms with Gasteiger partial charge in [-0.2, -0.15) is 0 Å². The van der Waals surface area contributed by atoms with Crippen molar-refractivity contribution in [3.63, 3.8) is 0 Å². The van der Waals surface area contributed by atoms with Gasteiger partial charge in [-0.15, -0.1) is 0 Å². The summed E-state index contributed by atoms with van der Waals surface area (Å²) < 4.78 is 31.8. The first-order valence-electron chi connectivity index (χ1n) is 7.01. The molecule has 6 nitrogen and oxygen atoms in total. The second-order valence-electron chi connectivity index (χ2n) is 5.13. The predicted molar refractivity (Wildman–Crippen MR) is 96.4 cm³/mol. The number of anilines is 1. The molecule has 0 aromatic heterocycles. The molecule has 0 aliphatic carbocycles. The highest BCUT2D eigenvalue weighted by molar-refractivity contribution is 7.93. The highest BCUT2D eigenvalue weighted by atomic mass is 35.5. The number of halogens is 2. The van der Waals surface area contributed by atoms with Crippen LogP contribution in [0.25, 0.3) is 0 Å². The van der Waals surface area contributed by atoms with Crippen LogP contribution in [0.3, 0.4) is 0 Å². The summed E-state index contributed by atoms with van der Waals surface area (Å²) in [6.45, 7) is 1.07. The number of carboxylic acid groups (broad SMARTS) is 1. The molecule has 0 saturated heterocycles. The number of aryl methyl sites for hydroxylation is 1. The summed E-state index contributed by atoms with van der Waals surface area (Å²) in [5, 5.41) is 8.83. The predicted octanol–water partition coefficient (Wildman–Crippen LogP) is 3.59. The number of benzene rings is 2. The third-order valence-electron chi connectivity index (χ3n) is 3.40. The summed E-state index contributed by atoms with van der Waals surface area (Å²) in [6, 6.07) is 8.99. The van der Waals surface area contributed by atoms with Gasteiger partial charge in [0.1, 0.15) is 22.2 Å². The number of nitrogens with zero attached hydrogens (tertiary/aromatic N) is 1. The highest BCUT2D eigenvalue weighted by Gasteiger charge is 2.30. The number of hydrogen-bond acceptors (Lipinski definition) is 4. The SMILES string of the molecule is COc1ccc(S(=O)(=O)N(CC(=O)O)c2ccc(C)cc2)c(Cl)c1Cl. The van der Waals surface area contributed by atoms with Crippen LogP contribution in [0.4, 0.5) is 5.69 Å². The van der Waals surface area contributed by atoms with Crippen LogP contribution in [0.1, 0.15) is 5.56 Å². The van der Waals surface area contributed by atoms with Crippen LogP contribution in [-0.4, -0.2) is 33.1 Å². The van der Waals surface area contributed by atoms with Gasteiger partial charge in [-0.25, -0.2) is 8.42 Å². The molecule has 2 rings (SSSR count). The van der Waals surface area contributed by atoms with Crippen molar-refractivity contribution in [2.24, 2.45) is 0 Å². The van der Waals surface area contributed by atoms with Crippen molar-refractivity contribution < 1.29 is 23.1 Å². The Hall–Kier alpha value is -1.96. The van der Waals surface area contributed by atoms with E-state index in [-0.39, 0.29) is 26.4 Å². The standard InChI is InChI=1S/C16H15Cl2NO5S/c1-10-3-5-11(6-4-10)19(9-14(20)21)25(22,23)13-8-7-12(24-2)15(17)16(13)18/h3-8H,9H2,1-2H3,(H,20,21). The second-order valence-corrected chi connectivity index (χ2v) is 7.72. The third kappa shape index (κ3) is 4.00. The zero-order valence-corrected chi connectivity index (χ0v) is 15.7. The van der Waals surface area contributed by atoms with Crippen LogP contribution >= 0.6 is 23.2 Å². The van der Waals surface area contributed by atoms with Gasteiger partial charge in [-0.1, -0.05) is 40.9 Å². The van der Waals surface area contributed by atoms with Crippen molar-refractivity contribution in [1.82, 2.24) is 0 Å². The maximum absolute atomic E-state index is 13.0. The van der Waals surface area contributed by atoms with Gasteiger partial charge in [0.15, 0.2) is 0 Å². The van der Waals surface area contributed by atoms with Gasteiger partial charge in [-0.05, 0) is 31.2 Å². The number of ether oxygens (including phenoxy) is 1. The molecule has 0 bridgehead atoms. The quantitative estimate of drug-likeness (QED) is 0.796. The highest BCUT2D eigenvalue weighted by Crippen LogP contribution is 2.38. The summed E-state index contributed by atoms with van der Waals surface area (Å²) in [4.78, 5) is 10.9. The topological polar surface area (TPSA) is 83.9 Å². The molecule has 0 heterocycles. The van der Waals surface area contributed by atoms with Gasteiger partial charge in [0.25, 0.3) is 10.0 Å². The zero-order valence-electron chi connectivity index (χ0n) is 13.4. The monoisotopic (exact) mass is 403 g/mol. The van der Waals surface area contributed by atoms with Gasteiger partial charge in [0.2, 0.25) is 0 Å². The van der Waals surface area contributed by atoms with E-state index in [1.165, 1.54) is 31.4 Å². The van der Waals surface area contributed by atoms with Crippen molar-refractivity contribution in [3.05, 3.63) is 52.0 Å². The summed E-state index contributed by atoms with van der Waals surface area (Å²) in [5.74, 6) is -1.09. The van der Waals surface area contributed by atoms with E-state index in [0.717, 1.165) is 9.87 Å². The van der Waals surface area contributed by atoms with Crippen molar-refractivity contribution in [2.45, 2.75) is 11.8 Å². The number of sulfonamides is 1. The first-order valence-corrected chi connectivity index (χ1v) is 9.21. The maximum atomic E-state index is 13.0. The van der Waals surface area contributed by atoms with Crippen LogP contribution in [0.15, 0.2) is 41.3 Å². The number of rotatable bonds is 6. The van der Waals surface area contributed by atoms with Gasteiger partial charge in [-0.3, -0.25) is 9.10 Å².